The molecule has 2 aromatic heterocycles. The fourth-order valence-corrected chi connectivity index (χ4v) is 4.21. The fourth-order valence-electron chi connectivity index (χ4n) is 3.50. The number of likely N-dealkylation sites (N-methyl/N-ethyl adjacent to an activating group) is 1. The number of thiophene rings is 1. The van der Waals surface area contributed by atoms with Crippen LogP contribution in [0.25, 0.3) is 21.7 Å². The summed E-state index contributed by atoms with van der Waals surface area (Å²) in [5, 5.41) is 10.4. The van der Waals surface area contributed by atoms with Gasteiger partial charge in [-0.2, -0.15) is 11.3 Å². The maximum atomic E-state index is 12.8. The number of furan rings is 1. The molecule has 1 amide bonds. The maximum Gasteiger partial charge on any atom is 0.287 e. The second kappa shape index (κ2) is 7.18. The van der Waals surface area contributed by atoms with E-state index in [0.29, 0.717) is 12.3 Å². The molecule has 2 heterocycles. The van der Waals surface area contributed by atoms with Crippen LogP contribution in [0.15, 0.2) is 57.6 Å². The Kier molecular flexibility index (Phi) is 4.72. The predicted octanol–water partition coefficient (Wildman–Crippen LogP) is 4.99. The van der Waals surface area contributed by atoms with Crippen molar-refractivity contribution in [3.05, 3.63) is 70.1 Å². The molecule has 27 heavy (non-hydrogen) atoms. The Morgan fingerprint density at radius 3 is 2.70 bits per heavy atom. The Morgan fingerprint density at radius 2 is 1.96 bits per heavy atom. The minimum atomic E-state index is -0.171. The Balaban J connectivity index is 1.63. The highest BCUT2D eigenvalue weighted by atomic mass is 32.1. The Hall–Kier alpha value is -2.63. The SMILES string of the molecule is Cc1c(C(=O)NCC(c2ccsc2)N(C)C)oc2c1ccc1ccccc12. The smallest absolute Gasteiger partial charge is 0.287 e. The van der Waals surface area contributed by atoms with E-state index in [1.165, 1.54) is 5.56 Å². The molecular formula is C22H22N2O2S. The lowest BCUT2D eigenvalue weighted by Gasteiger charge is -2.23. The number of aryl methyl sites for hydroxylation is 1. The molecule has 0 aliphatic carbocycles. The van der Waals surface area contributed by atoms with Gasteiger partial charge >= 0.3 is 0 Å². The Bertz CT molecular complexity index is 1100. The van der Waals surface area contributed by atoms with Gasteiger partial charge in [-0.05, 0) is 48.8 Å². The van der Waals surface area contributed by atoms with E-state index in [0.717, 1.165) is 27.3 Å². The molecule has 0 bridgehead atoms. The molecule has 0 aliphatic rings. The van der Waals surface area contributed by atoms with Crippen LogP contribution in [-0.2, 0) is 0 Å². The van der Waals surface area contributed by atoms with Crippen molar-refractivity contribution in [2.45, 2.75) is 13.0 Å². The van der Waals surface area contributed by atoms with Gasteiger partial charge in [-0.15, -0.1) is 0 Å². The van der Waals surface area contributed by atoms with Crippen LogP contribution < -0.4 is 5.32 Å². The minimum Gasteiger partial charge on any atom is -0.450 e. The number of fused-ring (bicyclic) bond motifs is 3. The number of benzene rings is 2. The van der Waals surface area contributed by atoms with E-state index in [9.17, 15) is 4.79 Å². The van der Waals surface area contributed by atoms with E-state index in [2.05, 4.69) is 39.2 Å². The number of hydrogen-bond acceptors (Lipinski definition) is 4. The standard InChI is InChI=1S/C22H22N2O2S/c1-14-17-9-8-15-6-4-5-7-18(15)21(17)26-20(14)22(25)23-12-19(24(2)3)16-10-11-27-13-16/h4-11,13,19H,12H2,1-3H3,(H,23,25). The molecular weight excluding hydrogens is 356 g/mol. The van der Waals surface area contributed by atoms with E-state index in [4.69, 9.17) is 4.42 Å². The molecule has 0 saturated carbocycles. The number of carbonyl (C=O) groups excluding carboxylic acids is 1. The highest BCUT2D eigenvalue weighted by molar-refractivity contribution is 7.08. The molecule has 0 fully saturated rings. The van der Waals surface area contributed by atoms with Crippen molar-refractivity contribution in [2.24, 2.45) is 0 Å². The molecule has 0 radical (unpaired) electrons. The summed E-state index contributed by atoms with van der Waals surface area (Å²) in [5.74, 6) is 0.221. The van der Waals surface area contributed by atoms with Crippen molar-refractivity contribution in [1.29, 1.82) is 0 Å². The summed E-state index contributed by atoms with van der Waals surface area (Å²) < 4.78 is 6.03. The summed E-state index contributed by atoms with van der Waals surface area (Å²) in [6, 6.07) is 14.4. The third-order valence-corrected chi connectivity index (χ3v) is 5.74. The van der Waals surface area contributed by atoms with Gasteiger partial charge in [0.05, 0.1) is 6.04 Å². The average Bonchev–Trinajstić information content (AvgIpc) is 3.30. The lowest BCUT2D eigenvalue weighted by molar-refractivity contribution is 0.0915. The molecule has 4 rings (SSSR count). The van der Waals surface area contributed by atoms with Crippen LogP contribution in [0.3, 0.4) is 0 Å². The molecule has 0 saturated heterocycles. The van der Waals surface area contributed by atoms with Crippen LogP contribution in [0.4, 0.5) is 0 Å². The van der Waals surface area contributed by atoms with Crippen molar-refractivity contribution in [3.8, 4) is 0 Å². The first kappa shape index (κ1) is 17.8. The zero-order chi connectivity index (χ0) is 19.0. The van der Waals surface area contributed by atoms with Crippen molar-refractivity contribution >= 4 is 39.0 Å². The van der Waals surface area contributed by atoms with Crippen molar-refractivity contribution in [1.82, 2.24) is 10.2 Å². The predicted molar refractivity (Wildman–Crippen MR) is 112 cm³/mol. The van der Waals surface area contributed by atoms with Crippen molar-refractivity contribution in [2.75, 3.05) is 20.6 Å². The highest BCUT2D eigenvalue weighted by Crippen LogP contribution is 2.31. The quantitative estimate of drug-likeness (QED) is 0.532. The fraction of sp³-hybridized carbons (Fsp3) is 0.227. The van der Waals surface area contributed by atoms with E-state index in [1.807, 2.05) is 45.3 Å². The normalized spacial score (nSPS) is 12.7. The number of nitrogens with one attached hydrogen (secondary N) is 1. The van der Waals surface area contributed by atoms with Gasteiger partial charge in [-0.3, -0.25) is 4.79 Å². The van der Waals surface area contributed by atoms with Crippen LogP contribution in [-0.4, -0.2) is 31.4 Å². The van der Waals surface area contributed by atoms with Crippen molar-refractivity contribution in [3.63, 3.8) is 0 Å². The lowest BCUT2D eigenvalue weighted by Crippen LogP contribution is -2.34. The van der Waals surface area contributed by atoms with Gasteiger partial charge in [-0.1, -0.05) is 36.4 Å². The first-order chi connectivity index (χ1) is 13.1. The monoisotopic (exact) mass is 378 g/mol. The topological polar surface area (TPSA) is 45.5 Å². The summed E-state index contributed by atoms with van der Waals surface area (Å²) in [6.45, 7) is 2.47. The van der Waals surface area contributed by atoms with Crippen LogP contribution >= 0.6 is 11.3 Å². The molecule has 4 aromatic rings. The van der Waals surface area contributed by atoms with E-state index in [-0.39, 0.29) is 11.9 Å². The van der Waals surface area contributed by atoms with E-state index in [1.54, 1.807) is 11.3 Å². The Morgan fingerprint density at radius 1 is 1.15 bits per heavy atom. The molecule has 2 aromatic carbocycles. The summed E-state index contributed by atoms with van der Waals surface area (Å²) >= 11 is 1.66. The van der Waals surface area contributed by atoms with Gasteiger partial charge in [0, 0.05) is 22.9 Å². The number of rotatable bonds is 5. The van der Waals surface area contributed by atoms with Crippen LogP contribution in [0, 0.1) is 6.92 Å². The molecule has 1 unspecified atom stereocenters. The first-order valence-electron chi connectivity index (χ1n) is 8.94. The third-order valence-electron chi connectivity index (χ3n) is 5.04. The van der Waals surface area contributed by atoms with Crippen molar-refractivity contribution < 1.29 is 9.21 Å². The largest absolute Gasteiger partial charge is 0.450 e. The molecule has 5 heteroatoms. The zero-order valence-corrected chi connectivity index (χ0v) is 16.5. The first-order valence-corrected chi connectivity index (χ1v) is 9.88. The second-order valence-corrected chi connectivity index (χ2v) is 7.75. The van der Waals surface area contributed by atoms with E-state index < -0.39 is 0 Å². The van der Waals surface area contributed by atoms with Crippen LogP contribution in [0.5, 0.6) is 0 Å². The maximum absolute atomic E-state index is 12.8. The van der Waals surface area contributed by atoms with Gasteiger partial charge in [0.15, 0.2) is 5.76 Å². The number of nitrogens with zero attached hydrogens (tertiary/aromatic N) is 1. The minimum absolute atomic E-state index is 0.130. The van der Waals surface area contributed by atoms with Gasteiger partial charge in [0.25, 0.3) is 5.91 Å². The molecule has 138 valence electrons. The second-order valence-electron chi connectivity index (χ2n) is 6.97. The summed E-state index contributed by atoms with van der Waals surface area (Å²) in [4.78, 5) is 15.0. The van der Waals surface area contributed by atoms with Crippen LogP contribution in [0.2, 0.25) is 0 Å². The lowest BCUT2D eigenvalue weighted by atomic mass is 10.1. The summed E-state index contributed by atoms with van der Waals surface area (Å²) in [6.07, 6.45) is 0. The molecule has 1 N–H and O–H groups in total. The number of hydrogen-bond donors (Lipinski definition) is 1. The Labute approximate surface area is 162 Å². The van der Waals surface area contributed by atoms with Gasteiger partial charge < -0.3 is 14.6 Å². The highest BCUT2D eigenvalue weighted by Gasteiger charge is 2.21. The third kappa shape index (κ3) is 3.24. The average molecular weight is 378 g/mol. The zero-order valence-electron chi connectivity index (χ0n) is 15.7. The molecule has 0 spiro atoms. The summed E-state index contributed by atoms with van der Waals surface area (Å²) in [5.41, 5.74) is 2.86. The van der Waals surface area contributed by atoms with Gasteiger partial charge in [0.1, 0.15) is 5.58 Å². The van der Waals surface area contributed by atoms with Gasteiger partial charge in [0.2, 0.25) is 0 Å². The number of amides is 1. The van der Waals surface area contributed by atoms with Crippen LogP contribution in [0.1, 0.15) is 27.7 Å². The molecule has 4 nitrogen and oxygen atoms in total. The van der Waals surface area contributed by atoms with Gasteiger partial charge in [-0.25, -0.2) is 0 Å². The molecule has 1 atom stereocenters. The van der Waals surface area contributed by atoms with E-state index >= 15 is 0 Å². The molecule has 0 aliphatic heterocycles. The summed E-state index contributed by atoms with van der Waals surface area (Å²) in [7, 11) is 4.04. The number of carbonyl (C=O) groups is 1.